The number of alkyl carbamates (subject to hydrolysis) is 1. The van der Waals surface area contributed by atoms with E-state index in [-0.39, 0.29) is 19.0 Å². The normalized spacial score (nSPS) is 12.3. The number of nitrogens with one attached hydrogen (secondary N) is 1. The van der Waals surface area contributed by atoms with Crippen molar-refractivity contribution in [3.63, 3.8) is 0 Å². The summed E-state index contributed by atoms with van der Waals surface area (Å²) in [6, 6.07) is 8.30. The van der Waals surface area contributed by atoms with E-state index < -0.39 is 36.4 Å². The highest BCUT2D eigenvalue weighted by Crippen LogP contribution is 2.35. The van der Waals surface area contributed by atoms with Crippen LogP contribution in [0.2, 0.25) is 0 Å². The Morgan fingerprint density at radius 3 is 2.41 bits per heavy atom. The van der Waals surface area contributed by atoms with Crippen molar-refractivity contribution >= 4 is 6.09 Å². The Morgan fingerprint density at radius 1 is 1.11 bits per heavy atom. The number of carbonyl (C=O) groups excluding carboxylic acids is 1. The highest BCUT2D eigenvalue weighted by Gasteiger charge is 2.43. The molecule has 1 atom stereocenters. The molecule has 27 heavy (non-hydrogen) atoms. The zero-order valence-corrected chi connectivity index (χ0v) is 13.9. The maximum Gasteiger partial charge on any atom is 0.413 e. The van der Waals surface area contributed by atoms with Gasteiger partial charge >= 0.3 is 12.3 Å². The van der Waals surface area contributed by atoms with Crippen LogP contribution in [0.3, 0.4) is 0 Å². The van der Waals surface area contributed by atoms with Crippen LogP contribution in [0.25, 0.3) is 0 Å². The highest BCUT2D eigenvalue weighted by molar-refractivity contribution is 5.68. The molecule has 0 heterocycles. The third kappa shape index (κ3) is 6.12. The molecule has 1 amide bonds. The predicted octanol–water partition coefficient (Wildman–Crippen LogP) is 4.70. The lowest BCUT2D eigenvalue weighted by Crippen LogP contribution is -2.38. The number of hydrogen-bond acceptors (Lipinski definition) is 3. The number of alkyl halides is 4. The van der Waals surface area contributed by atoms with E-state index in [2.05, 4.69) is 0 Å². The van der Waals surface area contributed by atoms with Gasteiger partial charge in [-0.25, -0.2) is 13.6 Å². The molecule has 0 saturated carbocycles. The largest absolute Gasteiger partial charge is 0.491 e. The van der Waals surface area contributed by atoms with E-state index in [0.717, 1.165) is 12.1 Å². The minimum Gasteiger partial charge on any atom is -0.491 e. The average molecular weight is 389 g/mol. The van der Waals surface area contributed by atoms with Gasteiger partial charge in [-0.1, -0.05) is 36.4 Å². The number of rotatable bonds is 7. The molecule has 0 bridgehead atoms. The molecular formula is C18H16F5NO3. The van der Waals surface area contributed by atoms with Gasteiger partial charge in [0.2, 0.25) is 0 Å². The van der Waals surface area contributed by atoms with Crippen LogP contribution in [0.4, 0.5) is 26.7 Å². The van der Waals surface area contributed by atoms with E-state index in [9.17, 15) is 26.7 Å². The predicted molar refractivity (Wildman–Crippen MR) is 86.4 cm³/mol. The number of carbonyl (C=O) groups is 1. The van der Waals surface area contributed by atoms with Gasteiger partial charge in [0.25, 0.3) is 0 Å². The molecule has 0 aliphatic heterocycles. The monoisotopic (exact) mass is 389 g/mol. The minimum absolute atomic E-state index is 0.124. The van der Waals surface area contributed by atoms with Crippen molar-refractivity contribution in [3.05, 3.63) is 65.5 Å². The lowest BCUT2D eigenvalue weighted by atomic mass is 10.1. The maximum atomic E-state index is 14.1. The van der Waals surface area contributed by atoms with Gasteiger partial charge in [0.1, 0.15) is 31.5 Å². The second-order valence-electron chi connectivity index (χ2n) is 5.40. The lowest BCUT2D eigenvalue weighted by Gasteiger charge is -2.22. The van der Waals surface area contributed by atoms with Crippen LogP contribution >= 0.6 is 0 Å². The molecule has 2 aromatic carbocycles. The van der Waals surface area contributed by atoms with Crippen LogP contribution in [0.1, 0.15) is 17.2 Å². The highest BCUT2D eigenvalue weighted by atomic mass is 19.4. The summed E-state index contributed by atoms with van der Waals surface area (Å²) in [6.45, 7) is -1.43. The lowest BCUT2D eigenvalue weighted by molar-refractivity contribution is -0.156. The summed E-state index contributed by atoms with van der Waals surface area (Å²) < 4.78 is 75.6. The van der Waals surface area contributed by atoms with Crippen molar-refractivity contribution in [3.8, 4) is 5.75 Å². The molecule has 0 saturated heterocycles. The second kappa shape index (κ2) is 9.20. The van der Waals surface area contributed by atoms with E-state index in [0.29, 0.717) is 11.6 Å². The van der Waals surface area contributed by atoms with Gasteiger partial charge < -0.3 is 14.8 Å². The molecule has 2 aromatic rings. The van der Waals surface area contributed by atoms with Gasteiger partial charge in [-0.3, -0.25) is 0 Å². The average Bonchev–Trinajstić information content (AvgIpc) is 2.63. The number of hydrogen-bond donors (Lipinski definition) is 1. The number of halogens is 5. The molecule has 2 rings (SSSR count). The van der Waals surface area contributed by atoms with Crippen molar-refractivity contribution in [2.75, 3.05) is 13.3 Å². The Labute approximate surface area is 151 Å². The topological polar surface area (TPSA) is 47.6 Å². The first-order valence-electron chi connectivity index (χ1n) is 7.83. The molecule has 146 valence electrons. The summed E-state index contributed by atoms with van der Waals surface area (Å²) in [5, 5.41) is 1.62. The van der Waals surface area contributed by atoms with E-state index in [1.807, 2.05) is 0 Å². The van der Waals surface area contributed by atoms with Gasteiger partial charge in [-0.2, -0.15) is 13.2 Å². The zero-order chi connectivity index (χ0) is 19.9. The zero-order valence-electron chi connectivity index (χ0n) is 13.9. The smallest absolute Gasteiger partial charge is 0.413 e. The first-order chi connectivity index (χ1) is 12.8. The fraction of sp³-hybridized carbons (Fsp3) is 0.278. The van der Waals surface area contributed by atoms with Crippen LogP contribution in [0.5, 0.6) is 5.75 Å². The van der Waals surface area contributed by atoms with Gasteiger partial charge in [-0.05, 0) is 11.6 Å². The number of benzene rings is 2. The number of amides is 1. The van der Waals surface area contributed by atoms with Gasteiger partial charge in [-0.15, -0.1) is 0 Å². The van der Waals surface area contributed by atoms with Gasteiger partial charge in [0.05, 0.1) is 0 Å². The van der Waals surface area contributed by atoms with Crippen LogP contribution in [-0.2, 0) is 11.3 Å². The molecule has 0 aliphatic carbocycles. The van der Waals surface area contributed by atoms with E-state index in [1.165, 1.54) is 0 Å². The summed E-state index contributed by atoms with van der Waals surface area (Å²) in [5.41, 5.74) is -0.233. The quantitative estimate of drug-likeness (QED) is 0.698. The van der Waals surface area contributed by atoms with E-state index in [1.54, 1.807) is 35.6 Å². The van der Waals surface area contributed by atoms with Crippen LogP contribution in [0, 0.1) is 5.82 Å². The molecular weight excluding hydrogens is 373 g/mol. The molecule has 0 radical (unpaired) electrons. The minimum atomic E-state index is -4.96. The Morgan fingerprint density at radius 2 is 1.81 bits per heavy atom. The Balaban J connectivity index is 2.10. The summed E-state index contributed by atoms with van der Waals surface area (Å²) in [7, 11) is 0. The molecule has 0 aromatic heterocycles. The second-order valence-corrected chi connectivity index (χ2v) is 5.40. The first kappa shape index (κ1) is 20.5. The third-order valence-electron chi connectivity index (χ3n) is 3.43. The SMILES string of the molecule is O=C(N[C@@H](c1ccc(OCCF)cc1F)C(F)(F)F)OCc1ccccc1. The molecule has 0 spiro atoms. The maximum absolute atomic E-state index is 14.1. The molecule has 0 aliphatic rings. The van der Waals surface area contributed by atoms with E-state index >= 15 is 0 Å². The number of ether oxygens (including phenoxy) is 2. The van der Waals surface area contributed by atoms with Crippen molar-refractivity contribution in [1.29, 1.82) is 0 Å². The van der Waals surface area contributed by atoms with Crippen molar-refractivity contribution in [2.24, 2.45) is 0 Å². The summed E-state index contributed by atoms with van der Waals surface area (Å²) in [5.74, 6) is -1.38. The van der Waals surface area contributed by atoms with Crippen molar-refractivity contribution < 1.29 is 36.2 Å². The van der Waals surface area contributed by atoms with Gasteiger partial charge in [0.15, 0.2) is 6.04 Å². The Bertz CT molecular complexity index is 752. The summed E-state index contributed by atoms with van der Waals surface area (Å²) >= 11 is 0. The Hall–Kier alpha value is -2.84. The third-order valence-corrected chi connectivity index (χ3v) is 3.43. The molecule has 9 heteroatoms. The fourth-order valence-corrected chi connectivity index (χ4v) is 2.21. The molecule has 0 unspecified atom stereocenters. The van der Waals surface area contributed by atoms with Crippen LogP contribution in [0.15, 0.2) is 48.5 Å². The van der Waals surface area contributed by atoms with E-state index in [4.69, 9.17) is 9.47 Å². The molecule has 1 N–H and O–H groups in total. The summed E-state index contributed by atoms with van der Waals surface area (Å²) in [4.78, 5) is 11.7. The van der Waals surface area contributed by atoms with Crippen LogP contribution in [-0.4, -0.2) is 25.6 Å². The van der Waals surface area contributed by atoms with Crippen molar-refractivity contribution in [2.45, 2.75) is 18.8 Å². The van der Waals surface area contributed by atoms with Gasteiger partial charge in [0, 0.05) is 11.6 Å². The fourth-order valence-electron chi connectivity index (χ4n) is 2.21. The van der Waals surface area contributed by atoms with Crippen molar-refractivity contribution in [1.82, 2.24) is 5.32 Å². The molecule has 4 nitrogen and oxygen atoms in total. The van der Waals surface area contributed by atoms with Crippen LogP contribution < -0.4 is 10.1 Å². The first-order valence-corrected chi connectivity index (χ1v) is 7.83. The Kier molecular flexibility index (Phi) is 6.98. The molecule has 0 fully saturated rings. The summed E-state index contributed by atoms with van der Waals surface area (Å²) in [6.07, 6.45) is -6.31. The standard InChI is InChI=1S/C18H16F5NO3/c19-8-9-26-13-6-7-14(15(20)10-13)16(18(21,22)23)24-17(25)27-11-12-4-2-1-3-5-12/h1-7,10,16H,8-9,11H2,(H,24,25)/t16-/m0/s1.